The first-order chi connectivity index (χ1) is 8.52. The average molecular weight is 240 g/mol. The fraction of sp³-hybridized carbons (Fsp3) is 0.471. The first-order valence-electron chi connectivity index (χ1n) is 6.86. The molecule has 94 valence electrons. The maximum Gasteiger partial charge on any atom is 0.158 e. The fourth-order valence-electron chi connectivity index (χ4n) is 3.77. The molecule has 0 saturated carbocycles. The largest absolute Gasteiger partial charge is 0.295 e. The molecule has 2 aliphatic rings. The molecule has 1 aromatic rings. The molecule has 1 heteroatoms. The van der Waals surface area contributed by atoms with Crippen LogP contribution < -0.4 is 0 Å². The number of fused-ring (bicyclic) bond motifs is 3. The molecule has 1 atom stereocenters. The molecular formula is C17H20O. The van der Waals surface area contributed by atoms with Crippen molar-refractivity contribution in [3.8, 4) is 0 Å². The highest BCUT2D eigenvalue weighted by molar-refractivity contribution is 5.97. The lowest BCUT2D eigenvalue weighted by atomic mass is 9.61. The third-order valence-electron chi connectivity index (χ3n) is 4.89. The molecule has 3 rings (SSSR count). The van der Waals surface area contributed by atoms with Crippen LogP contribution >= 0.6 is 0 Å². The predicted octanol–water partition coefficient (Wildman–Crippen LogP) is 3.88. The third-order valence-corrected chi connectivity index (χ3v) is 4.89. The summed E-state index contributed by atoms with van der Waals surface area (Å²) in [5.74, 6) is 0.359. The molecule has 0 amide bonds. The Kier molecular flexibility index (Phi) is 2.48. The first-order valence-corrected chi connectivity index (χ1v) is 6.86. The van der Waals surface area contributed by atoms with Gasteiger partial charge in [-0.15, -0.1) is 0 Å². The molecular weight excluding hydrogens is 220 g/mol. The quantitative estimate of drug-likeness (QED) is 0.672. The molecule has 2 aliphatic carbocycles. The topological polar surface area (TPSA) is 17.1 Å². The number of ketones is 1. The Balaban J connectivity index is 2.21. The SMILES string of the molecule is CC1=C2CCc3cc(C)ccc3C2(C)CCC1=O. The van der Waals surface area contributed by atoms with Crippen LogP contribution in [0.2, 0.25) is 0 Å². The zero-order valence-electron chi connectivity index (χ0n) is 11.5. The van der Waals surface area contributed by atoms with Gasteiger partial charge in [0.1, 0.15) is 0 Å². The first kappa shape index (κ1) is 11.7. The van der Waals surface area contributed by atoms with Gasteiger partial charge in [-0.3, -0.25) is 4.79 Å². The molecule has 0 spiro atoms. The van der Waals surface area contributed by atoms with Crippen LogP contribution in [-0.4, -0.2) is 5.78 Å². The Hall–Kier alpha value is -1.37. The second-order valence-corrected chi connectivity index (χ2v) is 6.02. The zero-order valence-corrected chi connectivity index (χ0v) is 11.5. The van der Waals surface area contributed by atoms with Gasteiger partial charge in [-0.25, -0.2) is 0 Å². The van der Waals surface area contributed by atoms with Crippen LogP contribution in [0.4, 0.5) is 0 Å². The molecule has 0 heterocycles. The second-order valence-electron chi connectivity index (χ2n) is 6.02. The van der Waals surface area contributed by atoms with Gasteiger partial charge in [0.25, 0.3) is 0 Å². The summed E-state index contributed by atoms with van der Waals surface area (Å²) in [6.45, 7) is 6.50. The predicted molar refractivity (Wildman–Crippen MR) is 73.8 cm³/mol. The molecule has 0 aliphatic heterocycles. The molecule has 0 aromatic heterocycles. The summed E-state index contributed by atoms with van der Waals surface area (Å²) >= 11 is 0. The molecule has 0 fully saturated rings. The van der Waals surface area contributed by atoms with Crippen molar-refractivity contribution in [1.82, 2.24) is 0 Å². The van der Waals surface area contributed by atoms with Crippen molar-refractivity contribution in [3.05, 3.63) is 46.0 Å². The summed E-state index contributed by atoms with van der Waals surface area (Å²) in [7, 11) is 0. The van der Waals surface area contributed by atoms with Crippen LogP contribution in [-0.2, 0) is 16.6 Å². The molecule has 0 N–H and O–H groups in total. The number of hydrogen-bond acceptors (Lipinski definition) is 1. The van der Waals surface area contributed by atoms with Crippen LogP contribution in [0.15, 0.2) is 29.3 Å². The van der Waals surface area contributed by atoms with E-state index in [-0.39, 0.29) is 5.41 Å². The van der Waals surface area contributed by atoms with Gasteiger partial charge in [0, 0.05) is 11.8 Å². The molecule has 1 unspecified atom stereocenters. The molecule has 0 radical (unpaired) electrons. The number of carbonyl (C=O) groups is 1. The second kappa shape index (κ2) is 3.81. The van der Waals surface area contributed by atoms with Gasteiger partial charge in [-0.2, -0.15) is 0 Å². The van der Waals surface area contributed by atoms with Crippen molar-refractivity contribution in [3.63, 3.8) is 0 Å². The van der Waals surface area contributed by atoms with Crippen molar-refractivity contribution in [2.24, 2.45) is 0 Å². The van der Waals surface area contributed by atoms with E-state index in [0.29, 0.717) is 12.2 Å². The summed E-state index contributed by atoms with van der Waals surface area (Å²) in [6, 6.07) is 6.81. The maximum absolute atomic E-state index is 11.9. The van der Waals surface area contributed by atoms with E-state index < -0.39 is 0 Å². The van der Waals surface area contributed by atoms with E-state index in [2.05, 4.69) is 32.0 Å². The normalized spacial score (nSPS) is 26.9. The van der Waals surface area contributed by atoms with Crippen molar-refractivity contribution in [2.45, 2.75) is 51.9 Å². The summed E-state index contributed by atoms with van der Waals surface area (Å²) < 4.78 is 0. The van der Waals surface area contributed by atoms with E-state index in [1.165, 1.54) is 22.3 Å². The smallest absolute Gasteiger partial charge is 0.158 e. The number of rotatable bonds is 0. The van der Waals surface area contributed by atoms with Crippen LogP contribution in [0.5, 0.6) is 0 Å². The molecule has 18 heavy (non-hydrogen) atoms. The highest BCUT2D eigenvalue weighted by Crippen LogP contribution is 2.48. The number of benzene rings is 1. The fourth-order valence-corrected chi connectivity index (χ4v) is 3.77. The summed E-state index contributed by atoms with van der Waals surface area (Å²) in [4.78, 5) is 11.9. The van der Waals surface area contributed by atoms with Gasteiger partial charge in [0.05, 0.1) is 0 Å². The average Bonchev–Trinajstić information content (AvgIpc) is 2.34. The standard InChI is InChI=1S/C17H20O/c1-11-4-6-15-13(10-11)5-7-14-12(2)16(18)8-9-17(14,15)3/h4,6,10H,5,7-9H2,1-3H3. The van der Waals surface area contributed by atoms with Gasteiger partial charge in [-0.05, 0) is 49.8 Å². The lowest BCUT2D eigenvalue weighted by Gasteiger charge is -2.42. The van der Waals surface area contributed by atoms with Gasteiger partial charge < -0.3 is 0 Å². The van der Waals surface area contributed by atoms with Gasteiger partial charge in [-0.1, -0.05) is 36.3 Å². The van der Waals surface area contributed by atoms with Crippen molar-refractivity contribution >= 4 is 5.78 Å². The number of aryl methyl sites for hydroxylation is 2. The Labute approximate surface area is 109 Å². The van der Waals surface area contributed by atoms with Gasteiger partial charge >= 0.3 is 0 Å². The van der Waals surface area contributed by atoms with E-state index in [1.807, 2.05) is 6.92 Å². The molecule has 0 saturated heterocycles. The molecule has 0 bridgehead atoms. The zero-order chi connectivity index (χ0) is 12.9. The minimum Gasteiger partial charge on any atom is -0.295 e. The van der Waals surface area contributed by atoms with E-state index in [0.717, 1.165) is 24.8 Å². The monoisotopic (exact) mass is 240 g/mol. The maximum atomic E-state index is 11.9. The van der Waals surface area contributed by atoms with E-state index in [9.17, 15) is 4.79 Å². The lowest BCUT2D eigenvalue weighted by Crippen LogP contribution is -2.36. The highest BCUT2D eigenvalue weighted by Gasteiger charge is 2.40. The summed E-state index contributed by atoms with van der Waals surface area (Å²) in [5, 5.41) is 0. The molecule has 1 aromatic carbocycles. The number of carbonyl (C=O) groups excluding carboxylic acids is 1. The summed E-state index contributed by atoms with van der Waals surface area (Å²) in [6.07, 6.45) is 3.84. The Morgan fingerprint density at radius 1 is 1.11 bits per heavy atom. The third kappa shape index (κ3) is 1.50. The van der Waals surface area contributed by atoms with E-state index in [1.54, 1.807) is 0 Å². The molecule has 1 nitrogen and oxygen atoms in total. The van der Waals surface area contributed by atoms with Crippen molar-refractivity contribution < 1.29 is 4.79 Å². The highest BCUT2D eigenvalue weighted by atomic mass is 16.1. The van der Waals surface area contributed by atoms with Crippen molar-refractivity contribution in [2.75, 3.05) is 0 Å². The van der Waals surface area contributed by atoms with Gasteiger partial charge in [0.15, 0.2) is 5.78 Å². The Bertz CT molecular complexity index is 565. The lowest BCUT2D eigenvalue weighted by molar-refractivity contribution is -0.116. The van der Waals surface area contributed by atoms with Crippen LogP contribution in [0.25, 0.3) is 0 Å². The minimum absolute atomic E-state index is 0.110. The number of Topliss-reactive ketones (excluding diaryl/α,β-unsaturated/α-hetero) is 1. The minimum atomic E-state index is 0.110. The summed E-state index contributed by atoms with van der Waals surface area (Å²) in [5.41, 5.74) is 6.84. The van der Waals surface area contributed by atoms with Crippen molar-refractivity contribution in [1.29, 1.82) is 0 Å². The van der Waals surface area contributed by atoms with E-state index >= 15 is 0 Å². The van der Waals surface area contributed by atoms with Crippen LogP contribution in [0.3, 0.4) is 0 Å². The van der Waals surface area contributed by atoms with E-state index in [4.69, 9.17) is 0 Å². The Morgan fingerprint density at radius 3 is 2.67 bits per heavy atom. The Morgan fingerprint density at radius 2 is 1.89 bits per heavy atom. The number of allylic oxidation sites excluding steroid dienone is 2. The van der Waals surface area contributed by atoms with Gasteiger partial charge in [0.2, 0.25) is 0 Å². The van der Waals surface area contributed by atoms with Crippen LogP contribution in [0.1, 0.15) is 49.8 Å². The number of hydrogen-bond donors (Lipinski definition) is 0. The van der Waals surface area contributed by atoms with Crippen LogP contribution in [0, 0.1) is 6.92 Å².